The molecular weight excluding hydrogens is 439 g/mol. The van der Waals surface area contributed by atoms with Gasteiger partial charge >= 0.3 is 0 Å². The molecule has 0 radical (unpaired) electrons. The zero-order valence-corrected chi connectivity index (χ0v) is 19.8. The van der Waals surface area contributed by atoms with Crippen molar-refractivity contribution in [1.29, 1.82) is 0 Å². The van der Waals surface area contributed by atoms with Crippen LogP contribution in [0.25, 0.3) is 44.3 Å². The molecule has 0 aliphatic heterocycles. The Morgan fingerprint density at radius 3 is 2.54 bits per heavy atom. The van der Waals surface area contributed by atoms with Crippen LogP contribution in [0.3, 0.4) is 0 Å². The normalized spacial score (nSPS) is 17.8. The Kier molecular flexibility index (Phi) is 5.22. The standard InChI is InChI=1S/C28H27FN6/c1-34(2)14-17-12-20(13-17)35-15-22(24-27(30)31-16-32-28(24)35)21-10-8-19-9-11-23(33-26(19)25(21)29)18-6-4-3-5-7-18/h3-11,15-17,20H,12-14H2,1-2H3,(H2,30,31,32). The first-order valence-corrected chi connectivity index (χ1v) is 11.9. The predicted octanol–water partition coefficient (Wildman–Crippen LogP) is 5.55. The highest BCUT2D eigenvalue weighted by Gasteiger charge is 2.33. The van der Waals surface area contributed by atoms with Crippen molar-refractivity contribution < 1.29 is 4.39 Å². The second kappa shape index (κ2) is 8.43. The molecule has 6 nitrogen and oxygen atoms in total. The highest BCUT2D eigenvalue weighted by atomic mass is 19.1. The van der Waals surface area contributed by atoms with Crippen LogP contribution in [0.15, 0.2) is 67.1 Å². The van der Waals surface area contributed by atoms with E-state index in [0.29, 0.717) is 39.8 Å². The molecule has 176 valence electrons. The highest BCUT2D eigenvalue weighted by Crippen LogP contribution is 2.43. The van der Waals surface area contributed by atoms with Crippen LogP contribution in [0.1, 0.15) is 18.9 Å². The lowest BCUT2D eigenvalue weighted by Gasteiger charge is -2.38. The quantitative estimate of drug-likeness (QED) is 0.368. The first-order chi connectivity index (χ1) is 17.0. The van der Waals surface area contributed by atoms with Gasteiger partial charge in [-0.2, -0.15) is 0 Å². The summed E-state index contributed by atoms with van der Waals surface area (Å²) in [4.78, 5) is 15.7. The number of halogens is 1. The number of nitrogens with zero attached hydrogens (tertiary/aromatic N) is 5. The predicted molar refractivity (Wildman–Crippen MR) is 138 cm³/mol. The van der Waals surface area contributed by atoms with Gasteiger partial charge in [0.25, 0.3) is 0 Å². The number of nitrogens with two attached hydrogens (primary N) is 1. The van der Waals surface area contributed by atoms with Crippen LogP contribution in [0, 0.1) is 11.7 Å². The van der Waals surface area contributed by atoms with Crippen LogP contribution >= 0.6 is 0 Å². The van der Waals surface area contributed by atoms with Crippen molar-refractivity contribution in [2.24, 2.45) is 5.92 Å². The minimum Gasteiger partial charge on any atom is -0.383 e. The lowest BCUT2D eigenvalue weighted by molar-refractivity contribution is 0.159. The van der Waals surface area contributed by atoms with Crippen molar-refractivity contribution in [3.8, 4) is 22.4 Å². The second-order valence-corrected chi connectivity index (χ2v) is 9.72. The van der Waals surface area contributed by atoms with Crippen molar-refractivity contribution in [1.82, 2.24) is 24.4 Å². The van der Waals surface area contributed by atoms with Gasteiger partial charge in [-0.25, -0.2) is 19.3 Å². The molecule has 0 saturated heterocycles. The van der Waals surface area contributed by atoms with Crippen LogP contribution in [0.5, 0.6) is 0 Å². The van der Waals surface area contributed by atoms with Gasteiger partial charge in [-0.1, -0.05) is 48.5 Å². The smallest absolute Gasteiger partial charge is 0.157 e. The summed E-state index contributed by atoms with van der Waals surface area (Å²) in [5.74, 6) is 0.646. The minimum atomic E-state index is -0.360. The van der Waals surface area contributed by atoms with E-state index in [0.717, 1.165) is 41.7 Å². The number of fused-ring (bicyclic) bond motifs is 2. The Morgan fingerprint density at radius 2 is 1.77 bits per heavy atom. The van der Waals surface area contributed by atoms with Gasteiger partial charge in [-0.05, 0) is 38.9 Å². The van der Waals surface area contributed by atoms with Crippen molar-refractivity contribution in [3.05, 3.63) is 72.9 Å². The van der Waals surface area contributed by atoms with Crippen LogP contribution in [0.2, 0.25) is 0 Å². The molecular formula is C28H27FN6. The van der Waals surface area contributed by atoms with Gasteiger partial charge in [0.05, 0.1) is 11.1 Å². The number of anilines is 1. The number of hydrogen-bond donors (Lipinski definition) is 1. The highest BCUT2D eigenvalue weighted by molar-refractivity contribution is 6.02. The lowest BCUT2D eigenvalue weighted by Crippen LogP contribution is -2.33. The van der Waals surface area contributed by atoms with Gasteiger partial charge in [0, 0.05) is 40.9 Å². The Morgan fingerprint density at radius 1 is 1.00 bits per heavy atom. The van der Waals surface area contributed by atoms with E-state index in [4.69, 9.17) is 10.7 Å². The van der Waals surface area contributed by atoms with Gasteiger partial charge in [0.1, 0.15) is 23.3 Å². The van der Waals surface area contributed by atoms with Crippen molar-refractivity contribution >= 4 is 27.8 Å². The molecule has 1 aliphatic carbocycles. The van der Waals surface area contributed by atoms with E-state index in [1.807, 2.05) is 60.8 Å². The molecule has 0 bridgehead atoms. The maximum atomic E-state index is 16.1. The van der Waals surface area contributed by atoms with Gasteiger partial charge in [0.2, 0.25) is 0 Å². The summed E-state index contributed by atoms with van der Waals surface area (Å²) in [5, 5.41) is 1.45. The summed E-state index contributed by atoms with van der Waals surface area (Å²) >= 11 is 0. The summed E-state index contributed by atoms with van der Waals surface area (Å²) in [6, 6.07) is 17.7. The van der Waals surface area contributed by atoms with E-state index in [1.54, 1.807) is 0 Å². The van der Waals surface area contributed by atoms with Gasteiger partial charge in [-0.3, -0.25) is 0 Å². The summed E-state index contributed by atoms with van der Waals surface area (Å²) in [7, 11) is 4.20. The van der Waals surface area contributed by atoms with E-state index >= 15 is 4.39 Å². The number of pyridine rings is 1. The molecule has 3 heterocycles. The fourth-order valence-corrected chi connectivity index (χ4v) is 5.32. The van der Waals surface area contributed by atoms with E-state index < -0.39 is 0 Å². The maximum absolute atomic E-state index is 16.1. The van der Waals surface area contributed by atoms with Crippen LogP contribution in [-0.4, -0.2) is 45.1 Å². The summed E-state index contributed by atoms with van der Waals surface area (Å²) in [6.07, 6.45) is 5.61. The molecule has 3 aromatic heterocycles. The molecule has 1 saturated carbocycles. The second-order valence-electron chi connectivity index (χ2n) is 9.72. The van der Waals surface area contributed by atoms with E-state index in [2.05, 4.69) is 33.5 Å². The van der Waals surface area contributed by atoms with Crippen molar-refractivity contribution in [2.75, 3.05) is 26.4 Å². The van der Waals surface area contributed by atoms with Crippen LogP contribution in [0.4, 0.5) is 10.2 Å². The molecule has 0 amide bonds. The van der Waals surface area contributed by atoms with E-state index in [1.165, 1.54) is 6.33 Å². The summed E-state index contributed by atoms with van der Waals surface area (Å²) in [5.41, 5.74) is 10.3. The lowest BCUT2D eigenvalue weighted by atomic mass is 9.80. The average molecular weight is 467 g/mol. The molecule has 35 heavy (non-hydrogen) atoms. The molecule has 0 unspecified atom stereocenters. The molecule has 2 N–H and O–H groups in total. The monoisotopic (exact) mass is 466 g/mol. The largest absolute Gasteiger partial charge is 0.383 e. The molecule has 1 fully saturated rings. The van der Waals surface area contributed by atoms with Gasteiger partial charge < -0.3 is 15.2 Å². The third kappa shape index (κ3) is 3.72. The van der Waals surface area contributed by atoms with E-state index in [9.17, 15) is 0 Å². The topological polar surface area (TPSA) is 72.9 Å². The van der Waals surface area contributed by atoms with E-state index in [-0.39, 0.29) is 5.82 Å². The maximum Gasteiger partial charge on any atom is 0.157 e. The zero-order chi connectivity index (χ0) is 24.1. The Bertz CT molecular complexity index is 1540. The fourth-order valence-electron chi connectivity index (χ4n) is 5.32. The molecule has 6 rings (SSSR count). The number of benzene rings is 2. The first-order valence-electron chi connectivity index (χ1n) is 11.9. The molecule has 2 aromatic carbocycles. The SMILES string of the molecule is CN(C)CC1CC(n2cc(-c3ccc4ccc(-c5ccccc5)nc4c3F)c3c(N)ncnc32)C1. The van der Waals surface area contributed by atoms with Gasteiger partial charge in [0.15, 0.2) is 5.82 Å². The first kappa shape index (κ1) is 21.7. The number of rotatable bonds is 5. The molecule has 0 atom stereocenters. The Labute approximate surface area is 203 Å². The molecule has 0 spiro atoms. The van der Waals surface area contributed by atoms with Gasteiger partial charge in [-0.15, -0.1) is 0 Å². The molecule has 5 aromatic rings. The number of nitrogen functional groups attached to an aromatic ring is 1. The zero-order valence-electron chi connectivity index (χ0n) is 19.8. The van der Waals surface area contributed by atoms with Crippen LogP contribution < -0.4 is 5.73 Å². The van der Waals surface area contributed by atoms with Crippen molar-refractivity contribution in [3.63, 3.8) is 0 Å². The third-order valence-corrected chi connectivity index (χ3v) is 7.03. The van der Waals surface area contributed by atoms with Crippen molar-refractivity contribution in [2.45, 2.75) is 18.9 Å². The Hall–Kier alpha value is -3.84. The average Bonchev–Trinajstić information content (AvgIpc) is 3.22. The van der Waals surface area contributed by atoms with Crippen LogP contribution in [-0.2, 0) is 0 Å². The molecule has 7 heteroatoms. The number of aromatic nitrogens is 4. The Balaban J connectivity index is 1.47. The summed E-state index contributed by atoms with van der Waals surface area (Å²) < 4.78 is 18.2. The number of hydrogen-bond acceptors (Lipinski definition) is 5. The fraction of sp³-hybridized carbons (Fsp3) is 0.250. The third-order valence-electron chi connectivity index (χ3n) is 7.03. The molecule has 1 aliphatic rings. The minimum absolute atomic E-state index is 0.317. The summed E-state index contributed by atoms with van der Waals surface area (Å²) in [6.45, 7) is 1.06.